The quantitative estimate of drug-likeness (QED) is 0.378. The van der Waals surface area contributed by atoms with Crippen LogP contribution in [0.4, 0.5) is 5.69 Å². The Morgan fingerprint density at radius 2 is 1.62 bits per heavy atom. The zero-order valence-electron chi connectivity index (χ0n) is 23.0. The number of sulfonamides is 1. The highest BCUT2D eigenvalue weighted by Crippen LogP contribution is 2.36. The largest absolute Gasteiger partial charge is 0.486 e. The van der Waals surface area contributed by atoms with Gasteiger partial charge in [-0.05, 0) is 55.7 Å². The molecule has 0 unspecified atom stereocenters. The van der Waals surface area contributed by atoms with Crippen LogP contribution in [0.2, 0.25) is 0 Å². The first-order valence-corrected chi connectivity index (χ1v) is 14.8. The maximum Gasteiger partial charge on any atom is 0.264 e. The van der Waals surface area contributed by atoms with Crippen molar-refractivity contribution in [2.75, 3.05) is 30.6 Å². The Hall–Kier alpha value is -4.05. The molecule has 0 aliphatic carbocycles. The number of amides is 2. The van der Waals surface area contributed by atoms with Gasteiger partial charge in [0.2, 0.25) is 11.8 Å². The van der Waals surface area contributed by atoms with Crippen molar-refractivity contribution < 1.29 is 27.5 Å². The van der Waals surface area contributed by atoms with Crippen LogP contribution in [0.25, 0.3) is 0 Å². The van der Waals surface area contributed by atoms with Crippen LogP contribution in [0.15, 0.2) is 77.7 Å². The Bertz CT molecular complexity index is 1440. The molecule has 4 rings (SSSR count). The molecule has 1 atom stereocenters. The number of aryl methyl sites for hydroxylation is 1. The first-order valence-electron chi connectivity index (χ1n) is 13.3. The minimum atomic E-state index is -4.16. The highest BCUT2D eigenvalue weighted by molar-refractivity contribution is 7.92. The van der Waals surface area contributed by atoms with Crippen LogP contribution in [0.3, 0.4) is 0 Å². The summed E-state index contributed by atoms with van der Waals surface area (Å²) in [6.07, 6.45) is 0.747. The van der Waals surface area contributed by atoms with Gasteiger partial charge in [0.15, 0.2) is 11.5 Å². The number of anilines is 1. The summed E-state index contributed by atoms with van der Waals surface area (Å²) in [5, 5.41) is 2.85. The van der Waals surface area contributed by atoms with Gasteiger partial charge in [0.25, 0.3) is 10.0 Å². The average molecular weight is 566 g/mol. The van der Waals surface area contributed by atoms with Gasteiger partial charge in [-0.25, -0.2) is 8.42 Å². The minimum Gasteiger partial charge on any atom is -0.486 e. The molecule has 212 valence electrons. The highest BCUT2D eigenvalue weighted by Gasteiger charge is 2.33. The molecule has 3 aromatic rings. The summed E-state index contributed by atoms with van der Waals surface area (Å²) in [6, 6.07) is 19.5. The Kier molecular flexibility index (Phi) is 9.31. The second-order valence-electron chi connectivity index (χ2n) is 9.57. The van der Waals surface area contributed by atoms with Crippen molar-refractivity contribution in [2.45, 2.75) is 44.7 Å². The second kappa shape index (κ2) is 12.9. The third-order valence-electron chi connectivity index (χ3n) is 6.74. The normalized spacial score (nSPS) is 13.3. The molecule has 1 aliphatic rings. The van der Waals surface area contributed by atoms with Gasteiger partial charge in [-0.2, -0.15) is 0 Å². The Labute approximate surface area is 235 Å². The summed E-state index contributed by atoms with van der Waals surface area (Å²) in [6.45, 7) is 6.35. The topological polar surface area (TPSA) is 105 Å². The third-order valence-corrected chi connectivity index (χ3v) is 8.53. The number of nitrogens with zero attached hydrogens (tertiary/aromatic N) is 2. The molecule has 0 bridgehead atoms. The molecule has 0 saturated heterocycles. The van der Waals surface area contributed by atoms with E-state index in [4.69, 9.17) is 9.47 Å². The van der Waals surface area contributed by atoms with Crippen LogP contribution in [0.5, 0.6) is 11.5 Å². The van der Waals surface area contributed by atoms with E-state index in [0.29, 0.717) is 31.3 Å². The van der Waals surface area contributed by atoms with Crippen LogP contribution < -0.4 is 19.1 Å². The number of carbonyl (C=O) groups is 2. The summed E-state index contributed by atoms with van der Waals surface area (Å²) >= 11 is 0. The Morgan fingerprint density at radius 3 is 2.33 bits per heavy atom. The van der Waals surface area contributed by atoms with Crippen LogP contribution in [0, 0.1) is 6.92 Å². The van der Waals surface area contributed by atoms with Gasteiger partial charge < -0.3 is 19.7 Å². The number of hydrogen-bond donors (Lipinski definition) is 1. The number of ether oxygens (including phenoxy) is 2. The predicted molar refractivity (Wildman–Crippen MR) is 153 cm³/mol. The maximum atomic E-state index is 14.0. The predicted octanol–water partition coefficient (Wildman–Crippen LogP) is 3.91. The minimum absolute atomic E-state index is 0.0388. The molecule has 3 aromatic carbocycles. The maximum absolute atomic E-state index is 14.0. The van der Waals surface area contributed by atoms with E-state index in [-0.39, 0.29) is 23.0 Å². The molecule has 1 heterocycles. The number of fused-ring (bicyclic) bond motifs is 1. The van der Waals surface area contributed by atoms with Crippen molar-refractivity contribution in [2.24, 2.45) is 0 Å². The number of benzene rings is 3. The third kappa shape index (κ3) is 6.56. The molecule has 0 aromatic heterocycles. The van der Waals surface area contributed by atoms with E-state index < -0.39 is 28.5 Å². The Balaban J connectivity index is 1.73. The number of nitrogens with one attached hydrogen (secondary N) is 1. The standard InChI is InChI=1S/C30H35N3O6S/c1-4-16-31-30(35)23(3)32(20-24-11-9-8-10-22(24)2)29(34)21-33(40(36,37)26-12-6-5-7-13-26)25-14-15-27-28(19-25)39-18-17-38-27/h5-15,19,23H,4,16-18,20-21H2,1-3H3,(H,31,35)/t23-/m0/s1. The molecule has 40 heavy (non-hydrogen) atoms. The van der Waals surface area contributed by atoms with E-state index in [1.165, 1.54) is 17.0 Å². The first kappa shape index (κ1) is 28.9. The lowest BCUT2D eigenvalue weighted by molar-refractivity contribution is -0.139. The van der Waals surface area contributed by atoms with Gasteiger partial charge in [-0.3, -0.25) is 13.9 Å². The summed E-state index contributed by atoms with van der Waals surface area (Å²) in [7, 11) is -4.16. The molecule has 0 saturated carbocycles. The zero-order chi connectivity index (χ0) is 28.7. The smallest absolute Gasteiger partial charge is 0.264 e. The fraction of sp³-hybridized carbons (Fsp3) is 0.333. The summed E-state index contributed by atoms with van der Waals surface area (Å²) in [5.41, 5.74) is 2.07. The summed E-state index contributed by atoms with van der Waals surface area (Å²) in [4.78, 5) is 28.5. The molecule has 2 amide bonds. The monoisotopic (exact) mass is 565 g/mol. The molecule has 0 spiro atoms. The molecule has 10 heteroatoms. The number of carbonyl (C=O) groups excluding carboxylic acids is 2. The first-order chi connectivity index (χ1) is 19.2. The van der Waals surface area contributed by atoms with E-state index in [1.54, 1.807) is 43.3 Å². The van der Waals surface area contributed by atoms with Gasteiger partial charge in [0.1, 0.15) is 25.8 Å². The van der Waals surface area contributed by atoms with Crippen molar-refractivity contribution >= 4 is 27.5 Å². The van der Waals surface area contributed by atoms with Crippen LogP contribution in [-0.4, -0.2) is 57.5 Å². The van der Waals surface area contributed by atoms with Gasteiger partial charge in [-0.15, -0.1) is 0 Å². The van der Waals surface area contributed by atoms with Gasteiger partial charge in [-0.1, -0.05) is 49.4 Å². The number of rotatable bonds is 11. The molecule has 0 fully saturated rings. The second-order valence-corrected chi connectivity index (χ2v) is 11.4. The zero-order valence-corrected chi connectivity index (χ0v) is 23.8. The van der Waals surface area contributed by atoms with Crippen molar-refractivity contribution in [3.63, 3.8) is 0 Å². The molecule has 1 aliphatic heterocycles. The summed E-state index contributed by atoms with van der Waals surface area (Å²) in [5.74, 6) is 0.0756. The lowest BCUT2D eigenvalue weighted by atomic mass is 10.1. The van der Waals surface area contributed by atoms with Crippen LogP contribution in [-0.2, 0) is 26.2 Å². The lowest BCUT2D eigenvalue weighted by Gasteiger charge is -2.32. The molecule has 0 radical (unpaired) electrons. The summed E-state index contributed by atoms with van der Waals surface area (Å²) < 4.78 is 40.2. The fourth-order valence-corrected chi connectivity index (χ4v) is 5.81. The van der Waals surface area contributed by atoms with Crippen molar-refractivity contribution in [1.82, 2.24) is 10.2 Å². The molecular weight excluding hydrogens is 530 g/mol. The SMILES string of the molecule is CCCNC(=O)[C@H](C)N(Cc1ccccc1C)C(=O)CN(c1ccc2c(c1)OCCO2)S(=O)(=O)c1ccccc1. The van der Waals surface area contributed by atoms with Crippen LogP contribution >= 0.6 is 0 Å². The van der Waals surface area contributed by atoms with Gasteiger partial charge in [0, 0.05) is 19.2 Å². The fourth-order valence-electron chi connectivity index (χ4n) is 4.39. The van der Waals surface area contributed by atoms with E-state index in [2.05, 4.69) is 5.32 Å². The lowest BCUT2D eigenvalue weighted by Crippen LogP contribution is -2.51. The highest BCUT2D eigenvalue weighted by atomic mass is 32.2. The van der Waals surface area contributed by atoms with Crippen molar-refractivity contribution in [1.29, 1.82) is 0 Å². The average Bonchev–Trinajstić information content (AvgIpc) is 2.97. The molecule has 1 N–H and O–H groups in total. The van der Waals surface area contributed by atoms with Gasteiger partial charge in [0.05, 0.1) is 10.6 Å². The van der Waals surface area contributed by atoms with Crippen LogP contribution in [0.1, 0.15) is 31.4 Å². The van der Waals surface area contributed by atoms with Crippen molar-refractivity contribution in [3.05, 3.63) is 83.9 Å². The van der Waals surface area contributed by atoms with Crippen molar-refractivity contribution in [3.8, 4) is 11.5 Å². The van der Waals surface area contributed by atoms with E-state index in [9.17, 15) is 18.0 Å². The molecule has 9 nitrogen and oxygen atoms in total. The number of hydrogen-bond acceptors (Lipinski definition) is 6. The van der Waals surface area contributed by atoms with E-state index >= 15 is 0 Å². The van der Waals surface area contributed by atoms with Gasteiger partial charge >= 0.3 is 0 Å². The van der Waals surface area contributed by atoms with E-state index in [1.807, 2.05) is 38.1 Å². The van der Waals surface area contributed by atoms with E-state index in [0.717, 1.165) is 21.9 Å². The molecular formula is C30H35N3O6S. The Morgan fingerprint density at radius 1 is 0.950 bits per heavy atom.